The molecule has 0 aliphatic carbocycles. The van der Waals surface area contributed by atoms with E-state index < -0.39 is 5.60 Å². The standard InChI is InChI=1S/C34H41NO8/c1-6-41-33(37)22-28-21-32(43-24(2)36)23-35(28)19-20-42-34(25-7-13-29(38-3)14-8-25,26-9-15-30(39-4)16-10-26)27-11-17-31(40-5)18-12-27/h7-18,28,32H,6,19-23H2,1-5H3/t28-,32+/m1/s1. The summed E-state index contributed by atoms with van der Waals surface area (Å²) in [5, 5.41) is 0. The van der Waals surface area contributed by atoms with Crippen LogP contribution in [0.3, 0.4) is 0 Å². The van der Waals surface area contributed by atoms with Gasteiger partial charge in [0, 0.05) is 32.5 Å². The highest BCUT2D eigenvalue weighted by atomic mass is 16.5. The second-order valence-electron chi connectivity index (χ2n) is 10.3. The Balaban J connectivity index is 1.71. The molecule has 1 heterocycles. The van der Waals surface area contributed by atoms with Gasteiger partial charge in [-0.3, -0.25) is 14.5 Å². The number of hydrogen-bond acceptors (Lipinski definition) is 9. The van der Waals surface area contributed by atoms with Crippen molar-refractivity contribution in [1.82, 2.24) is 4.90 Å². The number of likely N-dealkylation sites (tertiary alicyclic amines) is 1. The summed E-state index contributed by atoms with van der Waals surface area (Å²) in [5.41, 5.74) is 1.72. The molecule has 0 N–H and O–H groups in total. The van der Waals surface area contributed by atoms with Crippen LogP contribution in [0, 0.1) is 0 Å². The van der Waals surface area contributed by atoms with Crippen LogP contribution in [0.1, 0.15) is 43.4 Å². The molecule has 0 saturated carbocycles. The fourth-order valence-corrected chi connectivity index (χ4v) is 5.70. The predicted octanol–water partition coefficient (Wildman–Crippen LogP) is 4.98. The second kappa shape index (κ2) is 14.9. The Hall–Kier alpha value is -4.08. The summed E-state index contributed by atoms with van der Waals surface area (Å²) in [6, 6.07) is 23.4. The Morgan fingerprint density at radius 2 is 1.26 bits per heavy atom. The highest BCUT2D eigenvalue weighted by Gasteiger charge is 2.40. The lowest BCUT2D eigenvalue weighted by Gasteiger charge is -2.37. The Morgan fingerprint density at radius 1 is 0.791 bits per heavy atom. The molecular formula is C34H41NO8. The lowest BCUT2D eigenvalue weighted by atomic mass is 9.80. The van der Waals surface area contributed by atoms with Crippen molar-refractivity contribution in [1.29, 1.82) is 0 Å². The molecule has 0 aromatic heterocycles. The Bertz CT molecular complexity index is 1210. The van der Waals surface area contributed by atoms with Gasteiger partial charge in [-0.2, -0.15) is 0 Å². The van der Waals surface area contributed by atoms with Gasteiger partial charge in [0.05, 0.1) is 41.0 Å². The molecule has 0 unspecified atom stereocenters. The molecule has 43 heavy (non-hydrogen) atoms. The lowest BCUT2D eigenvalue weighted by molar-refractivity contribution is -0.145. The van der Waals surface area contributed by atoms with Crippen molar-refractivity contribution in [2.24, 2.45) is 0 Å². The quantitative estimate of drug-likeness (QED) is 0.190. The summed E-state index contributed by atoms with van der Waals surface area (Å²) in [7, 11) is 4.91. The van der Waals surface area contributed by atoms with Gasteiger partial charge in [-0.05, 0) is 60.0 Å². The molecular weight excluding hydrogens is 550 g/mol. The first-order valence-electron chi connectivity index (χ1n) is 14.5. The topological polar surface area (TPSA) is 92.8 Å². The molecule has 0 spiro atoms. The van der Waals surface area contributed by atoms with Crippen molar-refractivity contribution in [3.63, 3.8) is 0 Å². The number of methoxy groups -OCH3 is 3. The van der Waals surface area contributed by atoms with Crippen molar-refractivity contribution < 1.29 is 38.0 Å². The number of rotatable bonds is 14. The summed E-state index contributed by atoms with van der Waals surface area (Å²) in [6.07, 6.45) is 0.469. The largest absolute Gasteiger partial charge is 0.497 e. The van der Waals surface area contributed by atoms with E-state index >= 15 is 0 Å². The zero-order chi connectivity index (χ0) is 30.8. The molecule has 1 aliphatic rings. The maximum absolute atomic E-state index is 12.4. The molecule has 9 nitrogen and oxygen atoms in total. The normalized spacial score (nSPS) is 16.9. The smallest absolute Gasteiger partial charge is 0.307 e. The van der Waals surface area contributed by atoms with Crippen LogP contribution in [0.4, 0.5) is 0 Å². The molecule has 4 rings (SSSR count). The minimum Gasteiger partial charge on any atom is -0.497 e. The number of carbonyl (C=O) groups is 2. The van der Waals surface area contributed by atoms with Crippen LogP contribution < -0.4 is 14.2 Å². The van der Waals surface area contributed by atoms with Crippen LogP contribution in [0.5, 0.6) is 17.2 Å². The first kappa shape index (κ1) is 31.8. The van der Waals surface area contributed by atoms with Gasteiger partial charge < -0.3 is 28.4 Å². The Morgan fingerprint density at radius 3 is 1.65 bits per heavy atom. The fourth-order valence-electron chi connectivity index (χ4n) is 5.70. The molecule has 3 aromatic rings. The predicted molar refractivity (Wildman–Crippen MR) is 162 cm³/mol. The van der Waals surface area contributed by atoms with Gasteiger partial charge in [0.15, 0.2) is 0 Å². The number of hydrogen-bond donors (Lipinski definition) is 0. The van der Waals surface area contributed by atoms with Gasteiger partial charge in [-0.1, -0.05) is 36.4 Å². The van der Waals surface area contributed by atoms with Crippen molar-refractivity contribution in [2.75, 3.05) is 47.6 Å². The number of esters is 2. The van der Waals surface area contributed by atoms with Crippen molar-refractivity contribution in [3.05, 3.63) is 89.5 Å². The van der Waals surface area contributed by atoms with Gasteiger partial charge >= 0.3 is 11.9 Å². The van der Waals surface area contributed by atoms with Crippen LogP contribution in [-0.2, 0) is 29.4 Å². The lowest BCUT2D eigenvalue weighted by Crippen LogP contribution is -2.39. The summed E-state index contributed by atoms with van der Waals surface area (Å²) in [4.78, 5) is 26.3. The van der Waals surface area contributed by atoms with E-state index in [0.717, 1.165) is 33.9 Å². The minimum atomic E-state index is -1.00. The first-order chi connectivity index (χ1) is 20.8. The van der Waals surface area contributed by atoms with Crippen LogP contribution in [0.25, 0.3) is 0 Å². The van der Waals surface area contributed by atoms with Gasteiger partial charge in [-0.25, -0.2) is 0 Å². The molecule has 0 bridgehead atoms. The average Bonchev–Trinajstić information content (AvgIpc) is 3.39. The summed E-state index contributed by atoms with van der Waals surface area (Å²) < 4.78 is 34.1. The first-order valence-corrected chi connectivity index (χ1v) is 14.5. The molecule has 1 aliphatic heterocycles. The third-order valence-corrected chi connectivity index (χ3v) is 7.72. The van der Waals surface area contributed by atoms with Crippen molar-refractivity contribution in [3.8, 4) is 17.2 Å². The summed E-state index contributed by atoms with van der Waals surface area (Å²) >= 11 is 0. The number of ether oxygens (including phenoxy) is 6. The van der Waals surface area contributed by atoms with E-state index in [9.17, 15) is 9.59 Å². The molecule has 2 atom stereocenters. The maximum atomic E-state index is 12.4. The van der Waals surface area contributed by atoms with Gasteiger partial charge in [0.25, 0.3) is 0 Å². The molecule has 0 radical (unpaired) electrons. The Labute approximate surface area is 253 Å². The summed E-state index contributed by atoms with van der Waals surface area (Å²) in [6.45, 7) is 4.84. The van der Waals surface area contributed by atoms with Crippen LogP contribution >= 0.6 is 0 Å². The van der Waals surface area contributed by atoms with Gasteiger partial charge in [-0.15, -0.1) is 0 Å². The highest BCUT2D eigenvalue weighted by Crippen LogP contribution is 2.42. The van der Waals surface area contributed by atoms with E-state index in [1.165, 1.54) is 6.92 Å². The zero-order valence-corrected chi connectivity index (χ0v) is 25.5. The monoisotopic (exact) mass is 591 g/mol. The van der Waals surface area contributed by atoms with E-state index in [0.29, 0.717) is 32.7 Å². The average molecular weight is 592 g/mol. The second-order valence-corrected chi connectivity index (χ2v) is 10.3. The van der Waals surface area contributed by atoms with E-state index in [2.05, 4.69) is 4.90 Å². The van der Waals surface area contributed by atoms with E-state index in [4.69, 9.17) is 28.4 Å². The zero-order valence-electron chi connectivity index (χ0n) is 25.5. The summed E-state index contributed by atoms with van der Waals surface area (Å²) in [5.74, 6) is 1.59. The van der Waals surface area contributed by atoms with Crippen LogP contribution in [0.15, 0.2) is 72.8 Å². The van der Waals surface area contributed by atoms with Gasteiger partial charge in [0.2, 0.25) is 0 Å². The number of benzene rings is 3. The maximum Gasteiger partial charge on any atom is 0.307 e. The highest BCUT2D eigenvalue weighted by molar-refractivity contribution is 5.70. The molecule has 0 amide bonds. The van der Waals surface area contributed by atoms with Crippen LogP contribution in [0.2, 0.25) is 0 Å². The minimum absolute atomic E-state index is 0.135. The van der Waals surface area contributed by atoms with Crippen molar-refractivity contribution >= 4 is 11.9 Å². The third kappa shape index (κ3) is 7.66. The fraction of sp³-hybridized carbons (Fsp3) is 0.412. The number of carbonyl (C=O) groups excluding carboxylic acids is 2. The third-order valence-electron chi connectivity index (χ3n) is 7.72. The van der Waals surface area contributed by atoms with E-state index in [1.807, 2.05) is 72.8 Å². The van der Waals surface area contributed by atoms with Crippen molar-refractivity contribution in [2.45, 2.75) is 44.4 Å². The van der Waals surface area contributed by atoms with Gasteiger partial charge in [0.1, 0.15) is 29.0 Å². The van der Waals surface area contributed by atoms with Crippen LogP contribution in [-0.4, -0.2) is 76.6 Å². The molecule has 1 fully saturated rings. The van der Waals surface area contributed by atoms with E-state index in [-0.39, 0.29) is 30.5 Å². The molecule has 1 saturated heterocycles. The Kier molecular flexibility index (Phi) is 11.0. The van der Waals surface area contributed by atoms with E-state index in [1.54, 1.807) is 28.3 Å². The molecule has 230 valence electrons. The molecule has 3 aromatic carbocycles. The SMILES string of the molecule is CCOC(=O)C[C@H]1C[C@H](OC(C)=O)CN1CCOC(c1ccc(OC)cc1)(c1ccc(OC)cc1)c1ccc(OC)cc1. The molecule has 9 heteroatoms. The number of nitrogens with zero attached hydrogens (tertiary/aromatic N) is 1.